The van der Waals surface area contributed by atoms with E-state index in [4.69, 9.17) is 23.2 Å². The number of nitrogens with zero attached hydrogens (tertiary/aromatic N) is 2. The molecule has 10 heteroatoms. The number of guanidine groups is 1. The van der Waals surface area contributed by atoms with E-state index in [1.165, 1.54) is 0 Å². The van der Waals surface area contributed by atoms with Gasteiger partial charge in [0, 0.05) is 33.7 Å². The first kappa shape index (κ1) is 23.7. The van der Waals surface area contributed by atoms with E-state index in [1.807, 2.05) is 24.1 Å². The van der Waals surface area contributed by atoms with E-state index in [0.717, 1.165) is 17.8 Å². The topological polar surface area (TPSA) is 73.8 Å². The van der Waals surface area contributed by atoms with Crippen LogP contribution in [0.3, 0.4) is 0 Å². The van der Waals surface area contributed by atoms with Gasteiger partial charge in [0.05, 0.1) is 16.3 Å². The van der Waals surface area contributed by atoms with Crippen molar-refractivity contribution in [3.63, 3.8) is 0 Å². The maximum atomic E-state index is 11.0. The predicted molar refractivity (Wildman–Crippen MR) is 112 cm³/mol. The molecular formula is C14H23Cl2IN4O2S. The molecule has 0 atom stereocenters. The van der Waals surface area contributed by atoms with Gasteiger partial charge in [0.25, 0.3) is 0 Å². The van der Waals surface area contributed by atoms with E-state index in [-0.39, 0.29) is 24.0 Å². The fourth-order valence-corrected chi connectivity index (χ4v) is 2.75. The maximum Gasteiger partial charge on any atom is 0.208 e. The number of hydrogen-bond donors (Lipinski definition) is 2. The van der Waals surface area contributed by atoms with Gasteiger partial charge in [0.1, 0.15) is 0 Å². The Morgan fingerprint density at radius 1 is 1.25 bits per heavy atom. The summed E-state index contributed by atoms with van der Waals surface area (Å²) in [5.74, 6) is 0.718. The molecule has 0 amide bonds. The number of benzene rings is 1. The van der Waals surface area contributed by atoms with Crippen molar-refractivity contribution < 1.29 is 8.42 Å². The summed E-state index contributed by atoms with van der Waals surface area (Å²) < 4.78 is 24.4. The zero-order valence-electron chi connectivity index (χ0n) is 13.8. The molecule has 0 spiro atoms. The molecule has 0 saturated carbocycles. The molecule has 0 bridgehead atoms. The Morgan fingerprint density at radius 2 is 1.92 bits per heavy atom. The number of halogens is 3. The van der Waals surface area contributed by atoms with Gasteiger partial charge in [-0.25, -0.2) is 13.1 Å². The molecule has 1 aromatic carbocycles. The van der Waals surface area contributed by atoms with E-state index >= 15 is 0 Å². The van der Waals surface area contributed by atoms with Crippen molar-refractivity contribution in [2.24, 2.45) is 4.99 Å². The molecule has 0 aliphatic rings. The van der Waals surface area contributed by atoms with Crippen LogP contribution in [0, 0.1) is 0 Å². The maximum absolute atomic E-state index is 11.0. The molecule has 0 fully saturated rings. The molecule has 0 aliphatic heterocycles. The van der Waals surface area contributed by atoms with Gasteiger partial charge in [0.15, 0.2) is 5.96 Å². The lowest BCUT2D eigenvalue weighted by Crippen LogP contribution is -2.39. The summed E-state index contributed by atoms with van der Waals surface area (Å²) in [4.78, 5) is 6.15. The summed E-state index contributed by atoms with van der Waals surface area (Å²) in [6.45, 7) is 1.62. The third-order valence-corrected chi connectivity index (χ3v) is 4.45. The minimum absolute atomic E-state index is 0. The lowest BCUT2D eigenvalue weighted by molar-refractivity contribution is 0.475. The number of rotatable bonds is 7. The van der Waals surface area contributed by atoms with Crippen molar-refractivity contribution in [1.82, 2.24) is 14.9 Å². The second-order valence-electron chi connectivity index (χ2n) is 5.10. The summed E-state index contributed by atoms with van der Waals surface area (Å²) in [6.07, 6.45) is 1.80. The van der Waals surface area contributed by atoms with Gasteiger partial charge in [0.2, 0.25) is 10.0 Å². The van der Waals surface area contributed by atoms with Crippen LogP contribution in [0.5, 0.6) is 0 Å². The van der Waals surface area contributed by atoms with Gasteiger partial charge >= 0.3 is 0 Å². The van der Waals surface area contributed by atoms with Crippen LogP contribution in [0.1, 0.15) is 12.0 Å². The van der Waals surface area contributed by atoms with Crippen LogP contribution in [0.15, 0.2) is 23.2 Å². The minimum atomic E-state index is -3.14. The van der Waals surface area contributed by atoms with Crippen molar-refractivity contribution in [1.29, 1.82) is 0 Å². The monoisotopic (exact) mass is 508 g/mol. The number of aliphatic imine (C=N–C) groups is 1. The normalized spacial score (nSPS) is 11.8. The molecule has 1 aromatic rings. The van der Waals surface area contributed by atoms with Crippen LogP contribution in [-0.4, -0.2) is 52.7 Å². The molecule has 0 heterocycles. The summed E-state index contributed by atoms with van der Waals surface area (Å²) in [6, 6.07) is 5.50. The van der Waals surface area contributed by atoms with Crippen molar-refractivity contribution >= 4 is 63.2 Å². The number of hydrogen-bond acceptors (Lipinski definition) is 3. The molecule has 0 aromatic heterocycles. The number of nitrogens with one attached hydrogen (secondary N) is 2. The zero-order valence-corrected chi connectivity index (χ0v) is 18.5. The standard InChI is InChI=1S/C14H22Cl2N4O2S.HI/c1-17-14(18-7-4-8-19-23(3,21)22)20(2)10-11-5-6-12(15)13(16)9-11;/h5-6,9,19H,4,7-8,10H2,1-3H3,(H,17,18);1H. The first-order valence-corrected chi connectivity index (χ1v) is 9.68. The van der Waals surface area contributed by atoms with Gasteiger partial charge in [-0.05, 0) is 24.1 Å². The summed E-state index contributed by atoms with van der Waals surface area (Å²) in [7, 11) is 0.469. The van der Waals surface area contributed by atoms with Crippen molar-refractivity contribution in [2.75, 3.05) is 33.4 Å². The molecule has 1 rings (SSSR count). The van der Waals surface area contributed by atoms with Gasteiger partial charge in [-0.3, -0.25) is 4.99 Å². The molecule has 0 unspecified atom stereocenters. The van der Waals surface area contributed by atoms with Crippen LogP contribution < -0.4 is 10.0 Å². The molecule has 6 nitrogen and oxygen atoms in total. The minimum Gasteiger partial charge on any atom is -0.356 e. The Hall–Kier alpha value is -0.290. The highest BCUT2D eigenvalue weighted by molar-refractivity contribution is 14.0. The summed E-state index contributed by atoms with van der Waals surface area (Å²) in [5, 5.41) is 4.23. The van der Waals surface area contributed by atoms with Crippen molar-refractivity contribution in [3.8, 4) is 0 Å². The quantitative estimate of drug-likeness (QED) is 0.257. The predicted octanol–water partition coefficient (Wildman–Crippen LogP) is 2.56. The molecule has 0 aliphatic carbocycles. The van der Waals surface area contributed by atoms with Gasteiger partial charge in [-0.15, -0.1) is 24.0 Å². The lowest BCUT2D eigenvalue weighted by atomic mass is 10.2. The van der Waals surface area contributed by atoms with Crippen molar-refractivity contribution in [3.05, 3.63) is 33.8 Å². The van der Waals surface area contributed by atoms with Gasteiger partial charge in [-0.2, -0.15) is 0 Å². The Balaban J connectivity index is 0.00000529. The first-order chi connectivity index (χ1) is 10.7. The summed E-state index contributed by atoms with van der Waals surface area (Å²) in [5.41, 5.74) is 1.02. The Labute approximate surface area is 171 Å². The average molecular weight is 509 g/mol. The van der Waals surface area contributed by atoms with Crippen LogP contribution in [0.25, 0.3) is 0 Å². The van der Waals surface area contributed by atoms with Crippen molar-refractivity contribution in [2.45, 2.75) is 13.0 Å². The second-order valence-corrected chi connectivity index (χ2v) is 7.75. The van der Waals surface area contributed by atoms with Crippen LogP contribution in [0.2, 0.25) is 10.0 Å². The molecule has 0 saturated heterocycles. The van der Waals surface area contributed by atoms with E-state index in [9.17, 15) is 8.42 Å². The SMILES string of the molecule is CN=C(NCCCNS(C)(=O)=O)N(C)Cc1ccc(Cl)c(Cl)c1.I. The van der Waals surface area contributed by atoms with Crippen LogP contribution in [-0.2, 0) is 16.6 Å². The van der Waals surface area contributed by atoms with E-state index in [0.29, 0.717) is 36.1 Å². The largest absolute Gasteiger partial charge is 0.356 e. The third kappa shape index (κ3) is 9.26. The molecule has 24 heavy (non-hydrogen) atoms. The smallest absolute Gasteiger partial charge is 0.208 e. The zero-order chi connectivity index (χ0) is 17.5. The summed E-state index contributed by atoms with van der Waals surface area (Å²) >= 11 is 11.9. The first-order valence-electron chi connectivity index (χ1n) is 7.03. The highest BCUT2D eigenvalue weighted by Crippen LogP contribution is 2.23. The Morgan fingerprint density at radius 3 is 2.46 bits per heavy atom. The third-order valence-electron chi connectivity index (χ3n) is 2.98. The number of sulfonamides is 1. The fraction of sp³-hybridized carbons (Fsp3) is 0.500. The van der Waals surface area contributed by atoms with Gasteiger partial charge < -0.3 is 10.2 Å². The highest BCUT2D eigenvalue weighted by Gasteiger charge is 2.08. The van der Waals surface area contributed by atoms with E-state index in [1.54, 1.807) is 13.1 Å². The van der Waals surface area contributed by atoms with E-state index in [2.05, 4.69) is 15.0 Å². The van der Waals surface area contributed by atoms with Crippen LogP contribution >= 0.6 is 47.2 Å². The highest BCUT2D eigenvalue weighted by atomic mass is 127. The molecule has 0 radical (unpaired) electrons. The molecule has 2 N–H and O–H groups in total. The van der Waals surface area contributed by atoms with E-state index < -0.39 is 10.0 Å². The molecular weight excluding hydrogens is 486 g/mol. The Bertz CT molecular complexity index is 656. The lowest BCUT2D eigenvalue weighted by Gasteiger charge is -2.22. The molecule has 138 valence electrons. The van der Waals surface area contributed by atoms with Crippen LogP contribution in [0.4, 0.5) is 0 Å². The Kier molecular flexibility index (Phi) is 11.2. The second kappa shape index (κ2) is 11.3. The average Bonchev–Trinajstić information content (AvgIpc) is 2.45. The fourth-order valence-electron chi connectivity index (χ4n) is 1.92. The van der Waals surface area contributed by atoms with Gasteiger partial charge in [-0.1, -0.05) is 29.3 Å².